The SMILES string of the molecule is C[NH+](CC(=O)NCCc1ccccc1F)Cc1c(F)cccc1Cl. The van der Waals surface area contributed by atoms with E-state index in [-0.39, 0.29) is 24.1 Å². The van der Waals surface area contributed by atoms with Crippen LogP contribution in [0.2, 0.25) is 5.02 Å². The molecule has 0 aliphatic heterocycles. The third-order valence-electron chi connectivity index (χ3n) is 3.68. The van der Waals surface area contributed by atoms with Crippen molar-refractivity contribution >= 4 is 17.5 Å². The number of hydrogen-bond donors (Lipinski definition) is 2. The standard InChI is InChI=1S/C18H19ClF2N2O/c1-23(11-14-15(19)6-4-8-17(14)21)12-18(24)22-10-9-13-5-2-3-7-16(13)20/h2-8H,9-12H2,1H3,(H,22,24)/p+1. The highest BCUT2D eigenvalue weighted by molar-refractivity contribution is 6.31. The van der Waals surface area contributed by atoms with Crippen molar-refractivity contribution < 1.29 is 18.5 Å². The highest BCUT2D eigenvalue weighted by Crippen LogP contribution is 2.17. The van der Waals surface area contributed by atoms with Crippen molar-refractivity contribution in [1.82, 2.24) is 5.32 Å². The summed E-state index contributed by atoms with van der Waals surface area (Å²) in [7, 11) is 1.79. The zero-order chi connectivity index (χ0) is 17.5. The van der Waals surface area contributed by atoms with Crippen molar-refractivity contribution in [3.8, 4) is 0 Å². The van der Waals surface area contributed by atoms with Gasteiger partial charge in [0.25, 0.3) is 5.91 Å². The highest BCUT2D eigenvalue weighted by atomic mass is 35.5. The van der Waals surface area contributed by atoms with E-state index < -0.39 is 0 Å². The fourth-order valence-corrected chi connectivity index (χ4v) is 2.67. The van der Waals surface area contributed by atoms with Crippen LogP contribution < -0.4 is 10.2 Å². The molecule has 0 aliphatic rings. The molecule has 2 aromatic carbocycles. The molecule has 0 aromatic heterocycles. The van der Waals surface area contributed by atoms with Gasteiger partial charge in [-0.05, 0) is 30.2 Å². The van der Waals surface area contributed by atoms with Crippen LogP contribution in [0.25, 0.3) is 0 Å². The molecule has 2 aromatic rings. The van der Waals surface area contributed by atoms with Gasteiger partial charge < -0.3 is 10.2 Å². The van der Waals surface area contributed by atoms with Gasteiger partial charge >= 0.3 is 0 Å². The summed E-state index contributed by atoms with van der Waals surface area (Å²) in [5.74, 6) is -0.818. The molecule has 6 heteroatoms. The van der Waals surface area contributed by atoms with Crippen LogP contribution in [0.3, 0.4) is 0 Å². The Morgan fingerprint density at radius 3 is 2.54 bits per heavy atom. The Morgan fingerprint density at radius 2 is 1.83 bits per heavy atom. The number of quaternary nitrogens is 1. The summed E-state index contributed by atoms with van der Waals surface area (Å²) < 4.78 is 27.2. The fourth-order valence-electron chi connectivity index (χ4n) is 2.44. The van der Waals surface area contributed by atoms with E-state index in [0.717, 1.165) is 4.90 Å². The molecule has 0 saturated carbocycles. The Kier molecular flexibility index (Phi) is 6.70. The van der Waals surface area contributed by atoms with Crippen LogP contribution in [0.15, 0.2) is 42.5 Å². The molecule has 0 aliphatic carbocycles. The van der Waals surface area contributed by atoms with E-state index in [2.05, 4.69) is 5.32 Å². The van der Waals surface area contributed by atoms with Crippen LogP contribution in [0.4, 0.5) is 8.78 Å². The first-order chi connectivity index (χ1) is 11.5. The Hall–Kier alpha value is -1.98. The molecule has 128 valence electrons. The van der Waals surface area contributed by atoms with Gasteiger partial charge in [0, 0.05) is 6.54 Å². The van der Waals surface area contributed by atoms with Crippen LogP contribution in [0, 0.1) is 11.6 Å². The molecular formula is C18H20ClF2N2O+. The largest absolute Gasteiger partial charge is 0.351 e. The summed E-state index contributed by atoms with van der Waals surface area (Å²) in [6.07, 6.45) is 0.427. The van der Waals surface area contributed by atoms with E-state index in [0.29, 0.717) is 35.7 Å². The van der Waals surface area contributed by atoms with Crippen molar-refractivity contribution in [1.29, 1.82) is 0 Å². The Bertz CT molecular complexity index is 689. The number of carbonyl (C=O) groups excluding carboxylic acids is 1. The number of rotatable bonds is 7. The second kappa shape index (κ2) is 8.76. The van der Waals surface area contributed by atoms with E-state index in [1.165, 1.54) is 12.1 Å². The van der Waals surface area contributed by atoms with Crippen LogP contribution >= 0.6 is 11.6 Å². The monoisotopic (exact) mass is 353 g/mol. The molecule has 0 saturated heterocycles. The number of halogens is 3. The van der Waals surface area contributed by atoms with Crippen molar-refractivity contribution in [3.05, 3.63) is 70.2 Å². The van der Waals surface area contributed by atoms with Crippen LogP contribution in [0.1, 0.15) is 11.1 Å². The normalized spacial score (nSPS) is 12.0. The van der Waals surface area contributed by atoms with E-state index >= 15 is 0 Å². The van der Waals surface area contributed by atoms with Gasteiger partial charge in [0.15, 0.2) is 6.54 Å². The quantitative estimate of drug-likeness (QED) is 0.784. The van der Waals surface area contributed by atoms with Gasteiger partial charge in [-0.1, -0.05) is 35.9 Å². The molecule has 1 atom stereocenters. The lowest BCUT2D eigenvalue weighted by atomic mass is 10.1. The fraction of sp³-hybridized carbons (Fsp3) is 0.278. The number of amides is 1. The average Bonchev–Trinajstić information content (AvgIpc) is 2.53. The van der Waals surface area contributed by atoms with Gasteiger partial charge in [-0.25, -0.2) is 8.78 Å². The summed E-state index contributed by atoms with van der Waals surface area (Å²) in [4.78, 5) is 12.7. The average molecular weight is 354 g/mol. The summed E-state index contributed by atoms with van der Waals surface area (Å²) in [6.45, 7) is 0.849. The molecule has 2 rings (SSSR count). The Morgan fingerprint density at radius 1 is 1.12 bits per heavy atom. The van der Waals surface area contributed by atoms with Crippen LogP contribution in [0.5, 0.6) is 0 Å². The summed E-state index contributed by atoms with van der Waals surface area (Å²) in [5.41, 5.74) is 0.965. The lowest BCUT2D eigenvalue weighted by molar-refractivity contribution is -0.885. The van der Waals surface area contributed by atoms with E-state index in [4.69, 9.17) is 11.6 Å². The second-order valence-corrected chi connectivity index (χ2v) is 6.11. The van der Waals surface area contributed by atoms with Crippen molar-refractivity contribution in [2.75, 3.05) is 20.1 Å². The van der Waals surface area contributed by atoms with Gasteiger partial charge in [0.1, 0.15) is 18.2 Å². The first-order valence-electron chi connectivity index (χ1n) is 7.71. The predicted octanol–water partition coefficient (Wildman–Crippen LogP) is 1.99. The molecule has 3 nitrogen and oxygen atoms in total. The summed E-state index contributed by atoms with van der Waals surface area (Å²) >= 11 is 5.99. The maximum atomic E-state index is 13.7. The molecule has 0 radical (unpaired) electrons. The van der Waals surface area contributed by atoms with E-state index in [1.54, 1.807) is 37.4 Å². The predicted molar refractivity (Wildman–Crippen MR) is 90.0 cm³/mol. The minimum Gasteiger partial charge on any atom is -0.351 e. The Balaban J connectivity index is 1.79. The number of hydrogen-bond acceptors (Lipinski definition) is 1. The first kappa shape index (κ1) is 18.4. The molecule has 0 spiro atoms. The van der Waals surface area contributed by atoms with Gasteiger partial charge in [-0.3, -0.25) is 4.79 Å². The number of likely N-dealkylation sites (N-methyl/N-ethyl adjacent to an activating group) is 1. The smallest absolute Gasteiger partial charge is 0.275 e. The van der Waals surface area contributed by atoms with Gasteiger partial charge in [-0.2, -0.15) is 0 Å². The van der Waals surface area contributed by atoms with Gasteiger partial charge in [-0.15, -0.1) is 0 Å². The lowest BCUT2D eigenvalue weighted by Crippen LogP contribution is -3.09. The third-order valence-corrected chi connectivity index (χ3v) is 4.03. The Labute approximate surface area is 145 Å². The molecule has 0 bridgehead atoms. The maximum Gasteiger partial charge on any atom is 0.275 e. The van der Waals surface area contributed by atoms with Crippen LogP contribution in [-0.2, 0) is 17.8 Å². The van der Waals surface area contributed by atoms with Crippen LogP contribution in [-0.4, -0.2) is 26.0 Å². The summed E-state index contributed by atoms with van der Waals surface area (Å²) in [5, 5.41) is 3.11. The molecule has 2 N–H and O–H groups in total. The van der Waals surface area contributed by atoms with E-state index in [1.807, 2.05) is 0 Å². The first-order valence-corrected chi connectivity index (χ1v) is 8.09. The van der Waals surface area contributed by atoms with Crippen molar-refractivity contribution in [2.24, 2.45) is 0 Å². The topological polar surface area (TPSA) is 33.5 Å². The molecule has 1 unspecified atom stereocenters. The molecule has 0 fully saturated rings. The number of benzene rings is 2. The number of nitrogens with one attached hydrogen (secondary N) is 2. The van der Waals surface area contributed by atoms with Gasteiger partial charge in [0.2, 0.25) is 0 Å². The molecular weight excluding hydrogens is 334 g/mol. The third kappa shape index (κ3) is 5.28. The van der Waals surface area contributed by atoms with Gasteiger partial charge in [0.05, 0.1) is 17.6 Å². The highest BCUT2D eigenvalue weighted by Gasteiger charge is 2.15. The summed E-state index contributed by atoms with van der Waals surface area (Å²) in [6, 6.07) is 11.0. The molecule has 1 amide bonds. The molecule has 0 heterocycles. The lowest BCUT2D eigenvalue weighted by Gasteiger charge is -2.15. The zero-order valence-corrected chi connectivity index (χ0v) is 14.2. The minimum absolute atomic E-state index is 0.170. The zero-order valence-electron chi connectivity index (χ0n) is 13.4. The van der Waals surface area contributed by atoms with Crippen molar-refractivity contribution in [3.63, 3.8) is 0 Å². The number of carbonyl (C=O) groups is 1. The minimum atomic E-state index is -0.373. The molecule has 24 heavy (non-hydrogen) atoms. The second-order valence-electron chi connectivity index (χ2n) is 5.70. The maximum absolute atomic E-state index is 13.7. The van der Waals surface area contributed by atoms with Crippen molar-refractivity contribution in [2.45, 2.75) is 13.0 Å². The van der Waals surface area contributed by atoms with E-state index in [9.17, 15) is 13.6 Å².